The van der Waals surface area contributed by atoms with Gasteiger partial charge in [0.05, 0.1) is 5.56 Å². The summed E-state index contributed by atoms with van der Waals surface area (Å²) in [5.74, 6) is -0.989. The summed E-state index contributed by atoms with van der Waals surface area (Å²) in [6.45, 7) is 0.516. The van der Waals surface area contributed by atoms with Gasteiger partial charge in [-0.1, -0.05) is 6.42 Å². The summed E-state index contributed by atoms with van der Waals surface area (Å²) < 4.78 is 13.5. The maximum atomic E-state index is 13.5. The third-order valence-electron chi connectivity index (χ3n) is 3.47. The molecule has 0 spiro atoms. The van der Waals surface area contributed by atoms with Gasteiger partial charge in [-0.2, -0.15) is 0 Å². The Bertz CT molecular complexity index is 467. The van der Waals surface area contributed by atoms with Crippen molar-refractivity contribution in [3.8, 4) is 5.75 Å². The summed E-state index contributed by atoms with van der Waals surface area (Å²) in [6, 6.07) is 3.52. The summed E-state index contributed by atoms with van der Waals surface area (Å²) in [5.41, 5.74) is -0.0453. The lowest BCUT2D eigenvalue weighted by atomic mass is 9.89. The van der Waals surface area contributed by atoms with Gasteiger partial charge in [-0.3, -0.25) is 4.79 Å². The number of rotatable bonds is 3. The average Bonchev–Trinajstić information content (AvgIpc) is 2.36. The second-order valence-electron chi connectivity index (χ2n) is 5.00. The number of aromatic hydroxyl groups is 1. The van der Waals surface area contributed by atoms with Crippen LogP contribution in [-0.2, 0) is 0 Å². The fourth-order valence-electron chi connectivity index (χ4n) is 2.43. The van der Waals surface area contributed by atoms with Crippen molar-refractivity contribution in [1.29, 1.82) is 0 Å². The Morgan fingerprint density at radius 2 is 2.26 bits per heavy atom. The van der Waals surface area contributed by atoms with E-state index >= 15 is 0 Å². The number of phenols is 1. The minimum atomic E-state index is -0.712. The quantitative estimate of drug-likeness (QED) is 0.839. The summed E-state index contributed by atoms with van der Waals surface area (Å²) in [5, 5.41) is 12.0. The van der Waals surface area contributed by atoms with Gasteiger partial charge in [-0.15, -0.1) is 11.6 Å². The van der Waals surface area contributed by atoms with Crippen LogP contribution in [0.25, 0.3) is 0 Å². The second kappa shape index (κ2) is 6.24. The van der Waals surface area contributed by atoms with Crippen molar-refractivity contribution in [3.63, 3.8) is 0 Å². The zero-order valence-electron chi connectivity index (χ0n) is 10.5. The van der Waals surface area contributed by atoms with E-state index in [2.05, 4.69) is 5.32 Å². The molecule has 2 N–H and O–H groups in total. The molecule has 0 bridgehead atoms. The standard InChI is InChI=1S/C14H17ClFNO2/c15-10-3-1-2-9(6-10)8-17-14(19)12-5-4-11(18)7-13(12)16/h4-5,7,9-10,18H,1-3,6,8H2,(H,17,19). The molecule has 0 saturated heterocycles. The molecule has 1 aromatic rings. The number of carbonyl (C=O) groups is 1. The van der Waals surface area contributed by atoms with E-state index in [0.717, 1.165) is 31.7 Å². The molecule has 1 aliphatic carbocycles. The van der Waals surface area contributed by atoms with E-state index in [0.29, 0.717) is 12.5 Å². The molecule has 0 aromatic heterocycles. The molecular formula is C14H17ClFNO2. The summed E-state index contributed by atoms with van der Waals surface area (Å²) in [7, 11) is 0. The van der Waals surface area contributed by atoms with Crippen molar-refractivity contribution in [2.24, 2.45) is 5.92 Å². The van der Waals surface area contributed by atoms with Gasteiger partial charge in [0, 0.05) is 18.0 Å². The van der Waals surface area contributed by atoms with Crippen LogP contribution in [0.15, 0.2) is 18.2 Å². The Morgan fingerprint density at radius 1 is 1.47 bits per heavy atom. The minimum absolute atomic E-state index is 0.0453. The van der Waals surface area contributed by atoms with Crippen molar-refractivity contribution >= 4 is 17.5 Å². The van der Waals surface area contributed by atoms with Crippen molar-refractivity contribution in [2.45, 2.75) is 31.1 Å². The van der Waals surface area contributed by atoms with E-state index < -0.39 is 11.7 Å². The van der Waals surface area contributed by atoms with E-state index in [4.69, 9.17) is 16.7 Å². The molecule has 1 aromatic carbocycles. The first-order valence-electron chi connectivity index (χ1n) is 6.47. The van der Waals surface area contributed by atoms with E-state index in [1.165, 1.54) is 12.1 Å². The highest BCUT2D eigenvalue weighted by Crippen LogP contribution is 2.27. The third kappa shape index (κ3) is 3.83. The summed E-state index contributed by atoms with van der Waals surface area (Å²) in [4.78, 5) is 11.8. The molecule has 1 amide bonds. The molecule has 5 heteroatoms. The van der Waals surface area contributed by atoms with E-state index in [1.807, 2.05) is 0 Å². The molecule has 3 nitrogen and oxygen atoms in total. The SMILES string of the molecule is O=C(NCC1CCCC(Cl)C1)c1ccc(O)cc1F. The number of hydrogen-bond acceptors (Lipinski definition) is 2. The van der Waals surface area contributed by atoms with Crippen molar-refractivity contribution in [2.75, 3.05) is 6.54 Å². The smallest absolute Gasteiger partial charge is 0.254 e. The molecule has 0 aliphatic heterocycles. The fourth-order valence-corrected chi connectivity index (χ4v) is 2.84. The first-order chi connectivity index (χ1) is 9.06. The lowest BCUT2D eigenvalue weighted by molar-refractivity contribution is 0.0939. The van der Waals surface area contributed by atoms with Crippen LogP contribution in [0.2, 0.25) is 0 Å². The first kappa shape index (κ1) is 14.1. The van der Waals surface area contributed by atoms with Gasteiger partial charge < -0.3 is 10.4 Å². The molecular weight excluding hydrogens is 269 g/mol. The number of phenolic OH excluding ortho intramolecular Hbond substituents is 1. The van der Waals surface area contributed by atoms with E-state index in [-0.39, 0.29) is 16.7 Å². The van der Waals surface area contributed by atoms with Gasteiger partial charge in [0.15, 0.2) is 0 Å². The summed E-state index contributed by atoms with van der Waals surface area (Å²) >= 11 is 6.09. The lowest BCUT2D eigenvalue weighted by Gasteiger charge is -2.25. The fraction of sp³-hybridized carbons (Fsp3) is 0.500. The topological polar surface area (TPSA) is 49.3 Å². The van der Waals surface area contributed by atoms with Crippen LogP contribution in [0.4, 0.5) is 4.39 Å². The van der Waals surface area contributed by atoms with Crippen LogP contribution in [0, 0.1) is 11.7 Å². The Kier molecular flexibility index (Phi) is 4.64. The van der Waals surface area contributed by atoms with Crippen LogP contribution < -0.4 is 5.32 Å². The Labute approximate surface area is 116 Å². The van der Waals surface area contributed by atoms with Crippen LogP contribution in [0.1, 0.15) is 36.0 Å². The Hall–Kier alpha value is -1.29. The number of hydrogen-bond donors (Lipinski definition) is 2. The molecule has 104 valence electrons. The number of carbonyl (C=O) groups excluding carboxylic acids is 1. The number of nitrogens with one attached hydrogen (secondary N) is 1. The van der Waals surface area contributed by atoms with Crippen LogP contribution in [0.5, 0.6) is 5.75 Å². The van der Waals surface area contributed by atoms with Gasteiger partial charge in [-0.05, 0) is 37.3 Å². The molecule has 2 unspecified atom stereocenters. The highest BCUT2D eigenvalue weighted by molar-refractivity contribution is 6.20. The number of halogens is 2. The van der Waals surface area contributed by atoms with Gasteiger partial charge in [0.1, 0.15) is 11.6 Å². The van der Waals surface area contributed by atoms with Crippen molar-refractivity contribution in [3.05, 3.63) is 29.6 Å². The minimum Gasteiger partial charge on any atom is -0.508 e. The highest BCUT2D eigenvalue weighted by atomic mass is 35.5. The molecule has 2 rings (SSSR count). The lowest BCUT2D eigenvalue weighted by Crippen LogP contribution is -2.32. The van der Waals surface area contributed by atoms with Crippen molar-refractivity contribution < 1.29 is 14.3 Å². The number of benzene rings is 1. The third-order valence-corrected chi connectivity index (χ3v) is 3.86. The number of alkyl halides is 1. The van der Waals surface area contributed by atoms with E-state index in [1.54, 1.807) is 0 Å². The van der Waals surface area contributed by atoms with Crippen LogP contribution in [-0.4, -0.2) is 22.9 Å². The number of amides is 1. The zero-order chi connectivity index (χ0) is 13.8. The van der Waals surface area contributed by atoms with Crippen LogP contribution in [0.3, 0.4) is 0 Å². The predicted molar refractivity (Wildman–Crippen MR) is 72.0 cm³/mol. The zero-order valence-corrected chi connectivity index (χ0v) is 11.3. The normalized spacial score (nSPS) is 23.1. The predicted octanol–water partition coefficient (Wildman–Crippen LogP) is 3.06. The molecule has 1 aliphatic rings. The molecule has 2 atom stereocenters. The summed E-state index contributed by atoms with van der Waals surface area (Å²) in [6.07, 6.45) is 4.03. The Balaban J connectivity index is 1.90. The van der Waals surface area contributed by atoms with E-state index in [9.17, 15) is 9.18 Å². The monoisotopic (exact) mass is 285 g/mol. The molecule has 19 heavy (non-hydrogen) atoms. The average molecular weight is 286 g/mol. The molecule has 0 heterocycles. The maximum Gasteiger partial charge on any atom is 0.254 e. The molecule has 1 saturated carbocycles. The highest BCUT2D eigenvalue weighted by Gasteiger charge is 2.21. The van der Waals surface area contributed by atoms with Crippen LogP contribution >= 0.6 is 11.6 Å². The van der Waals surface area contributed by atoms with Gasteiger partial charge >= 0.3 is 0 Å². The molecule has 1 fully saturated rings. The van der Waals surface area contributed by atoms with Gasteiger partial charge in [0.2, 0.25) is 0 Å². The second-order valence-corrected chi connectivity index (χ2v) is 5.62. The molecule has 0 radical (unpaired) electrons. The largest absolute Gasteiger partial charge is 0.508 e. The van der Waals surface area contributed by atoms with Crippen molar-refractivity contribution in [1.82, 2.24) is 5.32 Å². The van der Waals surface area contributed by atoms with Gasteiger partial charge in [0.25, 0.3) is 5.91 Å². The maximum absolute atomic E-state index is 13.5. The van der Waals surface area contributed by atoms with Gasteiger partial charge in [-0.25, -0.2) is 4.39 Å². The first-order valence-corrected chi connectivity index (χ1v) is 6.90. The Morgan fingerprint density at radius 3 is 2.95 bits per heavy atom.